The van der Waals surface area contributed by atoms with E-state index in [1.165, 1.54) is 16.9 Å². The van der Waals surface area contributed by atoms with Gasteiger partial charge in [-0.15, -0.1) is 11.3 Å². The van der Waals surface area contributed by atoms with Crippen LogP contribution in [0.25, 0.3) is 0 Å². The standard InChI is InChI=1S/C15H18BrNO2S2/c1-10(2)12-4-6-13(7-5-12)11(3)17-21(18,19)15-14(16)8-9-20-15/h4-11,17H,1-3H3. The van der Waals surface area contributed by atoms with Gasteiger partial charge in [0.05, 0.1) is 0 Å². The van der Waals surface area contributed by atoms with Crippen LogP contribution in [-0.2, 0) is 10.0 Å². The molecule has 1 heterocycles. The Balaban J connectivity index is 2.18. The molecule has 1 N–H and O–H groups in total. The van der Waals surface area contributed by atoms with Crippen molar-refractivity contribution in [2.24, 2.45) is 0 Å². The molecule has 2 rings (SSSR count). The Morgan fingerprint density at radius 3 is 2.10 bits per heavy atom. The van der Waals surface area contributed by atoms with E-state index < -0.39 is 10.0 Å². The summed E-state index contributed by atoms with van der Waals surface area (Å²) in [6.45, 7) is 6.12. The third kappa shape index (κ3) is 3.94. The van der Waals surface area contributed by atoms with Crippen LogP contribution >= 0.6 is 27.3 Å². The van der Waals surface area contributed by atoms with Crippen molar-refractivity contribution in [1.82, 2.24) is 4.72 Å². The highest BCUT2D eigenvalue weighted by Crippen LogP contribution is 2.29. The number of halogens is 1. The van der Waals surface area contributed by atoms with Crippen LogP contribution in [0, 0.1) is 0 Å². The lowest BCUT2D eigenvalue weighted by Gasteiger charge is -2.15. The monoisotopic (exact) mass is 387 g/mol. The second kappa shape index (κ2) is 6.60. The fourth-order valence-corrected chi connectivity index (χ4v) is 5.58. The Bertz CT molecular complexity index is 706. The molecule has 0 amide bonds. The summed E-state index contributed by atoms with van der Waals surface area (Å²) in [4.78, 5) is 0. The summed E-state index contributed by atoms with van der Waals surface area (Å²) in [6, 6.07) is 9.52. The van der Waals surface area contributed by atoms with E-state index in [0.717, 1.165) is 5.56 Å². The van der Waals surface area contributed by atoms with Gasteiger partial charge < -0.3 is 0 Å². The normalized spacial score (nSPS) is 13.6. The molecule has 1 aromatic carbocycles. The molecule has 0 aliphatic heterocycles. The highest BCUT2D eigenvalue weighted by molar-refractivity contribution is 9.10. The van der Waals surface area contributed by atoms with E-state index >= 15 is 0 Å². The van der Waals surface area contributed by atoms with E-state index in [4.69, 9.17) is 0 Å². The zero-order chi connectivity index (χ0) is 15.6. The van der Waals surface area contributed by atoms with Gasteiger partial charge in [0.1, 0.15) is 4.21 Å². The number of rotatable bonds is 5. The fourth-order valence-electron chi connectivity index (χ4n) is 2.00. The molecule has 0 aliphatic rings. The lowest BCUT2D eigenvalue weighted by Crippen LogP contribution is -2.26. The van der Waals surface area contributed by atoms with Crippen LogP contribution in [0.1, 0.15) is 43.9 Å². The van der Waals surface area contributed by atoms with Crippen LogP contribution in [0.2, 0.25) is 0 Å². The molecular weight excluding hydrogens is 370 g/mol. The molecule has 0 bridgehead atoms. The van der Waals surface area contributed by atoms with Gasteiger partial charge in [0.25, 0.3) is 10.0 Å². The first-order valence-corrected chi connectivity index (χ1v) is 9.82. The molecule has 0 fully saturated rings. The Morgan fingerprint density at radius 2 is 1.62 bits per heavy atom. The smallest absolute Gasteiger partial charge is 0.206 e. The van der Waals surface area contributed by atoms with E-state index in [9.17, 15) is 8.42 Å². The van der Waals surface area contributed by atoms with Crippen molar-refractivity contribution in [2.75, 3.05) is 0 Å². The van der Waals surface area contributed by atoms with Gasteiger partial charge in [0.2, 0.25) is 0 Å². The number of thiophene rings is 1. The number of hydrogen-bond donors (Lipinski definition) is 1. The van der Waals surface area contributed by atoms with Gasteiger partial charge in [-0.1, -0.05) is 38.1 Å². The molecule has 1 atom stereocenters. The Hall–Kier alpha value is -0.690. The summed E-state index contributed by atoms with van der Waals surface area (Å²) in [5.41, 5.74) is 2.20. The molecule has 0 saturated heterocycles. The minimum absolute atomic E-state index is 0.273. The number of sulfonamides is 1. The van der Waals surface area contributed by atoms with Gasteiger partial charge in [-0.2, -0.15) is 0 Å². The van der Waals surface area contributed by atoms with Crippen molar-refractivity contribution in [3.8, 4) is 0 Å². The number of benzene rings is 1. The predicted octanol–water partition coefficient (Wildman–Crippen LogP) is 4.67. The Labute approximate surface area is 138 Å². The Kier molecular flexibility index (Phi) is 5.24. The van der Waals surface area contributed by atoms with Crippen LogP contribution in [0.15, 0.2) is 44.4 Å². The summed E-state index contributed by atoms with van der Waals surface area (Å²) in [6.07, 6.45) is 0. The lowest BCUT2D eigenvalue weighted by atomic mass is 10.00. The van der Waals surface area contributed by atoms with E-state index in [1.807, 2.05) is 31.2 Å². The van der Waals surface area contributed by atoms with Crippen LogP contribution < -0.4 is 4.72 Å². The minimum atomic E-state index is -3.50. The molecule has 1 aromatic heterocycles. The van der Waals surface area contributed by atoms with Crippen molar-refractivity contribution >= 4 is 37.3 Å². The third-order valence-corrected chi connectivity index (χ3v) is 7.47. The summed E-state index contributed by atoms with van der Waals surface area (Å²) < 4.78 is 28.3. The SMILES string of the molecule is CC(C)c1ccc(C(C)NS(=O)(=O)c2sccc2Br)cc1. The van der Waals surface area contributed by atoms with E-state index in [0.29, 0.717) is 14.6 Å². The molecule has 21 heavy (non-hydrogen) atoms. The van der Waals surface area contributed by atoms with Crippen molar-refractivity contribution in [2.45, 2.75) is 36.9 Å². The van der Waals surface area contributed by atoms with E-state index in [-0.39, 0.29) is 6.04 Å². The maximum Gasteiger partial charge on any atom is 0.251 e. The summed E-state index contributed by atoms with van der Waals surface area (Å²) in [7, 11) is -3.50. The molecule has 0 saturated carbocycles. The summed E-state index contributed by atoms with van der Waals surface area (Å²) >= 11 is 4.47. The second-order valence-corrected chi connectivity index (χ2v) is 8.90. The summed E-state index contributed by atoms with van der Waals surface area (Å²) in [5.74, 6) is 0.466. The van der Waals surface area contributed by atoms with Crippen molar-refractivity contribution < 1.29 is 8.42 Å². The predicted molar refractivity (Wildman–Crippen MR) is 91.3 cm³/mol. The topological polar surface area (TPSA) is 46.2 Å². The molecule has 114 valence electrons. The lowest BCUT2D eigenvalue weighted by molar-refractivity contribution is 0.568. The average molecular weight is 388 g/mol. The van der Waals surface area contributed by atoms with Gasteiger partial charge in [-0.3, -0.25) is 0 Å². The first kappa shape index (κ1) is 16.7. The first-order chi connectivity index (χ1) is 9.81. The second-order valence-electron chi connectivity index (χ2n) is 5.22. The van der Waals surface area contributed by atoms with E-state index in [2.05, 4.69) is 34.5 Å². The van der Waals surface area contributed by atoms with Crippen LogP contribution in [-0.4, -0.2) is 8.42 Å². The quantitative estimate of drug-likeness (QED) is 0.809. The average Bonchev–Trinajstić information content (AvgIpc) is 2.85. The molecule has 2 aromatic rings. The van der Waals surface area contributed by atoms with Gasteiger partial charge in [0, 0.05) is 10.5 Å². The van der Waals surface area contributed by atoms with Crippen LogP contribution in [0.3, 0.4) is 0 Å². The maximum atomic E-state index is 12.3. The fraction of sp³-hybridized carbons (Fsp3) is 0.333. The first-order valence-electron chi connectivity index (χ1n) is 6.66. The minimum Gasteiger partial charge on any atom is -0.206 e. The molecule has 1 unspecified atom stereocenters. The third-order valence-electron chi connectivity index (χ3n) is 3.26. The number of hydrogen-bond acceptors (Lipinski definition) is 3. The van der Waals surface area contributed by atoms with Crippen molar-refractivity contribution in [3.05, 3.63) is 51.3 Å². The molecule has 0 spiro atoms. The van der Waals surface area contributed by atoms with Gasteiger partial charge in [0.15, 0.2) is 0 Å². The van der Waals surface area contributed by atoms with Gasteiger partial charge >= 0.3 is 0 Å². The highest BCUT2D eigenvalue weighted by atomic mass is 79.9. The van der Waals surface area contributed by atoms with Crippen molar-refractivity contribution in [3.63, 3.8) is 0 Å². The van der Waals surface area contributed by atoms with E-state index in [1.54, 1.807) is 11.4 Å². The molecule has 0 aliphatic carbocycles. The van der Waals surface area contributed by atoms with Gasteiger partial charge in [-0.25, -0.2) is 13.1 Å². The Morgan fingerprint density at radius 1 is 1.05 bits per heavy atom. The molecule has 0 radical (unpaired) electrons. The zero-order valence-corrected chi connectivity index (χ0v) is 15.3. The van der Waals surface area contributed by atoms with Crippen LogP contribution in [0.5, 0.6) is 0 Å². The summed E-state index contributed by atoms with van der Waals surface area (Å²) in [5, 5.41) is 1.75. The largest absolute Gasteiger partial charge is 0.251 e. The molecule has 6 heteroatoms. The maximum absolute atomic E-state index is 12.3. The van der Waals surface area contributed by atoms with Gasteiger partial charge in [-0.05, 0) is 51.3 Å². The number of nitrogens with one attached hydrogen (secondary N) is 1. The molecular formula is C15H18BrNO2S2. The zero-order valence-electron chi connectivity index (χ0n) is 12.1. The molecule has 3 nitrogen and oxygen atoms in total. The van der Waals surface area contributed by atoms with Crippen molar-refractivity contribution in [1.29, 1.82) is 0 Å². The van der Waals surface area contributed by atoms with Crippen LogP contribution in [0.4, 0.5) is 0 Å². The highest BCUT2D eigenvalue weighted by Gasteiger charge is 2.22.